The summed E-state index contributed by atoms with van der Waals surface area (Å²) in [6.45, 7) is 6.87. The highest BCUT2D eigenvalue weighted by atomic mass is 35.5. The predicted molar refractivity (Wildman–Crippen MR) is 113 cm³/mol. The van der Waals surface area contributed by atoms with Gasteiger partial charge in [0.05, 0.1) is 18.9 Å². The Kier molecular flexibility index (Phi) is 6.77. The Morgan fingerprint density at radius 3 is 2.38 bits per heavy atom. The zero-order valence-electron chi connectivity index (χ0n) is 16.5. The topological polar surface area (TPSA) is 48.9 Å². The summed E-state index contributed by atoms with van der Waals surface area (Å²) in [4.78, 5) is 24.5. The van der Waals surface area contributed by atoms with Gasteiger partial charge in [-0.25, -0.2) is 0 Å². The van der Waals surface area contributed by atoms with Crippen LogP contribution in [0.15, 0.2) is 48.7 Å². The molecule has 0 spiro atoms. The van der Waals surface area contributed by atoms with E-state index >= 15 is 0 Å². The van der Waals surface area contributed by atoms with Crippen LogP contribution in [-0.2, 0) is 16.1 Å². The van der Waals surface area contributed by atoms with Crippen molar-refractivity contribution < 1.29 is 9.53 Å². The Labute approximate surface area is 177 Å². The van der Waals surface area contributed by atoms with Gasteiger partial charge in [-0.3, -0.25) is 19.6 Å². The molecule has 2 aromatic rings. The highest BCUT2D eigenvalue weighted by Gasteiger charge is 2.33. The second kappa shape index (κ2) is 9.67. The van der Waals surface area contributed by atoms with Gasteiger partial charge in [-0.1, -0.05) is 29.8 Å². The molecule has 6 nitrogen and oxygen atoms in total. The van der Waals surface area contributed by atoms with Crippen LogP contribution < -0.4 is 0 Å². The summed E-state index contributed by atoms with van der Waals surface area (Å²) in [6.07, 6.45) is 1.83. The van der Waals surface area contributed by atoms with Crippen molar-refractivity contribution in [3.05, 3.63) is 64.9 Å². The molecule has 0 bridgehead atoms. The molecule has 7 heteroatoms. The molecule has 0 aliphatic carbocycles. The van der Waals surface area contributed by atoms with E-state index in [4.69, 9.17) is 16.3 Å². The number of benzene rings is 1. The molecule has 1 aromatic heterocycles. The van der Waals surface area contributed by atoms with Gasteiger partial charge in [0.1, 0.15) is 6.04 Å². The number of nitrogens with zero attached hydrogens (tertiary/aromatic N) is 4. The number of hydrogen-bond acceptors (Lipinski definition) is 5. The normalized spacial score (nSPS) is 19.8. The molecule has 2 saturated heterocycles. The van der Waals surface area contributed by atoms with Crippen LogP contribution in [0.4, 0.5) is 0 Å². The van der Waals surface area contributed by atoms with Gasteiger partial charge < -0.3 is 9.64 Å². The number of morpholine rings is 1. The number of ether oxygens (including phenoxy) is 1. The van der Waals surface area contributed by atoms with Crippen molar-refractivity contribution in [1.29, 1.82) is 0 Å². The van der Waals surface area contributed by atoms with Crippen LogP contribution in [0.25, 0.3) is 0 Å². The van der Waals surface area contributed by atoms with E-state index in [1.807, 2.05) is 53.6 Å². The molecule has 1 aromatic carbocycles. The first-order chi connectivity index (χ1) is 14.2. The number of halogens is 1. The summed E-state index contributed by atoms with van der Waals surface area (Å²) in [5, 5.41) is 0.685. The molecule has 2 aliphatic heterocycles. The molecular weight excluding hydrogens is 388 g/mol. The Morgan fingerprint density at radius 2 is 1.72 bits per heavy atom. The number of carbonyl (C=O) groups is 1. The zero-order valence-corrected chi connectivity index (χ0v) is 17.3. The first kappa shape index (κ1) is 20.3. The molecule has 4 rings (SSSR count). The molecule has 2 fully saturated rings. The van der Waals surface area contributed by atoms with Crippen molar-refractivity contribution in [1.82, 2.24) is 19.7 Å². The number of aromatic nitrogens is 1. The lowest BCUT2D eigenvalue weighted by Gasteiger charge is -2.40. The van der Waals surface area contributed by atoms with E-state index in [1.54, 1.807) is 0 Å². The average Bonchev–Trinajstić information content (AvgIpc) is 2.77. The van der Waals surface area contributed by atoms with Gasteiger partial charge in [0.15, 0.2) is 0 Å². The first-order valence-electron chi connectivity index (χ1n) is 10.2. The smallest absolute Gasteiger partial charge is 0.244 e. The molecule has 29 heavy (non-hydrogen) atoms. The van der Waals surface area contributed by atoms with Crippen molar-refractivity contribution in [3.8, 4) is 0 Å². The van der Waals surface area contributed by atoms with Crippen LogP contribution in [0.5, 0.6) is 0 Å². The molecule has 154 valence electrons. The Hall–Kier alpha value is -1.99. The SMILES string of the molecule is O=C([C@H](c1ccc(Cl)cc1)N1CCOCC1)N1CCN(Cc2ccccn2)CC1. The van der Waals surface area contributed by atoms with Crippen LogP contribution in [-0.4, -0.2) is 78.1 Å². The van der Waals surface area contributed by atoms with Crippen LogP contribution in [0.1, 0.15) is 17.3 Å². The van der Waals surface area contributed by atoms with E-state index in [-0.39, 0.29) is 11.9 Å². The summed E-state index contributed by atoms with van der Waals surface area (Å²) in [6, 6.07) is 13.4. The van der Waals surface area contributed by atoms with E-state index in [2.05, 4.69) is 14.8 Å². The molecule has 1 atom stereocenters. The molecular formula is C22H27ClN4O2. The number of pyridine rings is 1. The molecule has 1 amide bonds. The van der Waals surface area contributed by atoms with Gasteiger partial charge in [0.25, 0.3) is 0 Å². The maximum Gasteiger partial charge on any atom is 0.244 e. The van der Waals surface area contributed by atoms with Crippen molar-refractivity contribution in [2.45, 2.75) is 12.6 Å². The predicted octanol–water partition coefficient (Wildman–Crippen LogP) is 2.45. The van der Waals surface area contributed by atoms with Gasteiger partial charge in [-0.05, 0) is 29.8 Å². The molecule has 0 saturated carbocycles. The fourth-order valence-electron chi connectivity index (χ4n) is 4.01. The lowest BCUT2D eigenvalue weighted by molar-refractivity contribution is -0.141. The van der Waals surface area contributed by atoms with Crippen molar-refractivity contribution in [2.24, 2.45) is 0 Å². The number of rotatable bonds is 5. The third-order valence-electron chi connectivity index (χ3n) is 5.63. The molecule has 0 radical (unpaired) electrons. The summed E-state index contributed by atoms with van der Waals surface area (Å²) < 4.78 is 5.50. The standard InChI is InChI=1S/C22H27ClN4O2/c23-19-6-4-18(5-7-19)21(26-13-15-29-16-14-26)22(28)27-11-9-25(10-12-27)17-20-3-1-2-8-24-20/h1-8,21H,9-17H2/t21-/m0/s1. The summed E-state index contributed by atoms with van der Waals surface area (Å²) in [5.41, 5.74) is 2.07. The van der Waals surface area contributed by atoms with E-state index in [0.29, 0.717) is 18.2 Å². The third-order valence-corrected chi connectivity index (χ3v) is 5.88. The summed E-state index contributed by atoms with van der Waals surface area (Å²) in [5.74, 6) is 0.173. The molecule has 2 aliphatic rings. The lowest BCUT2D eigenvalue weighted by atomic mass is 10.0. The third kappa shape index (κ3) is 5.14. The molecule has 0 N–H and O–H groups in total. The maximum atomic E-state index is 13.5. The van der Waals surface area contributed by atoms with Gasteiger partial charge in [-0.2, -0.15) is 0 Å². The van der Waals surface area contributed by atoms with Gasteiger partial charge in [0.2, 0.25) is 5.91 Å². The molecule has 3 heterocycles. The van der Waals surface area contributed by atoms with Crippen molar-refractivity contribution >= 4 is 17.5 Å². The minimum Gasteiger partial charge on any atom is -0.379 e. The highest BCUT2D eigenvalue weighted by Crippen LogP contribution is 2.26. The minimum atomic E-state index is -0.279. The van der Waals surface area contributed by atoms with Crippen LogP contribution in [0, 0.1) is 0 Å². The van der Waals surface area contributed by atoms with Gasteiger partial charge in [0, 0.05) is 57.0 Å². The Balaban J connectivity index is 1.43. The second-order valence-electron chi connectivity index (χ2n) is 7.52. The second-order valence-corrected chi connectivity index (χ2v) is 7.96. The summed E-state index contributed by atoms with van der Waals surface area (Å²) >= 11 is 6.07. The average molecular weight is 415 g/mol. The van der Waals surface area contributed by atoms with Gasteiger partial charge >= 0.3 is 0 Å². The number of piperazine rings is 1. The van der Waals surface area contributed by atoms with Gasteiger partial charge in [-0.15, -0.1) is 0 Å². The van der Waals surface area contributed by atoms with Crippen LogP contribution in [0.3, 0.4) is 0 Å². The van der Waals surface area contributed by atoms with Crippen LogP contribution in [0.2, 0.25) is 5.02 Å². The zero-order chi connectivity index (χ0) is 20.1. The number of carbonyl (C=O) groups excluding carboxylic acids is 1. The Morgan fingerprint density at radius 1 is 1.00 bits per heavy atom. The minimum absolute atomic E-state index is 0.173. The largest absolute Gasteiger partial charge is 0.379 e. The van der Waals surface area contributed by atoms with E-state index in [0.717, 1.165) is 57.1 Å². The summed E-state index contributed by atoms with van der Waals surface area (Å²) in [7, 11) is 0. The fraction of sp³-hybridized carbons (Fsp3) is 0.455. The van der Waals surface area contributed by atoms with Crippen LogP contribution >= 0.6 is 11.6 Å². The lowest BCUT2D eigenvalue weighted by Crippen LogP contribution is -2.53. The highest BCUT2D eigenvalue weighted by molar-refractivity contribution is 6.30. The number of amides is 1. The maximum absolute atomic E-state index is 13.5. The van der Waals surface area contributed by atoms with Crippen molar-refractivity contribution in [3.63, 3.8) is 0 Å². The van der Waals surface area contributed by atoms with Crippen molar-refractivity contribution in [2.75, 3.05) is 52.5 Å². The monoisotopic (exact) mass is 414 g/mol. The Bertz CT molecular complexity index is 788. The molecule has 0 unspecified atom stereocenters. The quantitative estimate of drug-likeness (QED) is 0.752. The number of hydrogen-bond donors (Lipinski definition) is 0. The first-order valence-corrected chi connectivity index (χ1v) is 10.6. The fourth-order valence-corrected chi connectivity index (χ4v) is 4.14. The van der Waals surface area contributed by atoms with E-state index in [9.17, 15) is 4.79 Å². The van der Waals surface area contributed by atoms with E-state index < -0.39 is 0 Å². The van der Waals surface area contributed by atoms with E-state index in [1.165, 1.54) is 0 Å².